The van der Waals surface area contributed by atoms with Crippen molar-refractivity contribution < 1.29 is 33.4 Å². The number of carbonyl (C=O) groups excluding carboxylic acids is 5. The molecule has 0 saturated heterocycles. The van der Waals surface area contributed by atoms with Crippen LogP contribution < -0.4 is 15.4 Å². The largest absolute Gasteiger partial charge is 0.486 e. The Morgan fingerprint density at radius 2 is 1.24 bits per heavy atom. The minimum absolute atomic E-state index is 0.0266. The van der Waals surface area contributed by atoms with Crippen molar-refractivity contribution >= 4 is 40.2 Å². The molecule has 7 aromatic rings. The number of hydrogen-bond donors (Lipinski definition) is 2. The van der Waals surface area contributed by atoms with Crippen molar-refractivity contribution in [3.63, 3.8) is 0 Å². The van der Waals surface area contributed by atoms with E-state index in [-0.39, 0.29) is 19.4 Å². The van der Waals surface area contributed by atoms with E-state index in [2.05, 4.69) is 20.9 Å². The van der Waals surface area contributed by atoms with Crippen LogP contribution in [0.5, 0.6) is 5.75 Å². The summed E-state index contributed by atoms with van der Waals surface area (Å²) in [5, 5.41) is 21.6. The number of rotatable bonds is 21. The third kappa shape index (κ3) is 12.6. The van der Waals surface area contributed by atoms with Crippen LogP contribution >= 0.6 is 0 Å². The quantitative estimate of drug-likeness (QED) is 0.0536. The smallest absolute Gasteiger partial charge is 0.308 e. The number of carbonyl (C=O) groups is 5. The molecule has 0 bridgehead atoms. The molecule has 1 aromatic heterocycles. The summed E-state index contributed by atoms with van der Waals surface area (Å²) in [6.45, 7) is 7.81. The zero-order valence-electron chi connectivity index (χ0n) is 40.2. The van der Waals surface area contributed by atoms with E-state index in [1.807, 2.05) is 135 Å². The molecular weight excluding hydrogens is 883 g/mol. The lowest BCUT2D eigenvalue weighted by Gasteiger charge is -2.34. The number of aromatic nitrogens is 4. The molecule has 14 nitrogen and oxygen atoms in total. The van der Waals surface area contributed by atoms with Gasteiger partial charge >= 0.3 is 5.97 Å². The third-order valence-electron chi connectivity index (χ3n) is 11.7. The first-order chi connectivity index (χ1) is 33.7. The van der Waals surface area contributed by atoms with Gasteiger partial charge in [0.2, 0.25) is 11.8 Å². The van der Waals surface area contributed by atoms with Crippen LogP contribution in [-0.2, 0) is 35.9 Å². The van der Waals surface area contributed by atoms with E-state index in [4.69, 9.17) is 14.6 Å². The number of para-hydroxylation sites is 1. The Bertz CT molecular complexity index is 2770. The van der Waals surface area contributed by atoms with Crippen LogP contribution in [0.3, 0.4) is 0 Å². The molecule has 360 valence electrons. The summed E-state index contributed by atoms with van der Waals surface area (Å²) in [5.41, 5.74) is 1.27. The topological polar surface area (TPSA) is 175 Å². The van der Waals surface area contributed by atoms with Crippen molar-refractivity contribution in [3.05, 3.63) is 192 Å². The predicted molar refractivity (Wildman–Crippen MR) is 267 cm³/mol. The van der Waals surface area contributed by atoms with Crippen LogP contribution in [-0.4, -0.2) is 92.0 Å². The van der Waals surface area contributed by atoms with Crippen molar-refractivity contribution in [3.8, 4) is 5.75 Å². The first kappa shape index (κ1) is 49.9. The number of esters is 1. The van der Waals surface area contributed by atoms with Crippen LogP contribution in [0.25, 0.3) is 10.8 Å². The maximum atomic E-state index is 14.8. The SMILES string of the molecule is CC(C)[C@H](NC(=O)c1ccc2ccccc2c1)C(=O)N(CCCc1nnn(C(c2ccccc2)(c2ccccc2)c2ccccc2)n1)CC(=O)N[C@@H](CC(=O)OC(C)(C)C)C(=O)COc1ccccc1. The first-order valence-corrected chi connectivity index (χ1v) is 23.5. The number of nitrogens with one attached hydrogen (secondary N) is 2. The molecule has 0 fully saturated rings. The van der Waals surface area contributed by atoms with E-state index in [9.17, 15) is 24.0 Å². The van der Waals surface area contributed by atoms with Gasteiger partial charge in [0.05, 0.1) is 13.0 Å². The number of ether oxygens (including phenoxy) is 2. The maximum absolute atomic E-state index is 14.8. The molecule has 2 atom stereocenters. The molecule has 2 N–H and O–H groups in total. The van der Waals surface area contributed by atoms with Gasteiger partial charge in [-0.15, -0.1) is 15.0 Å². The van der Waals surface area contributed by atoms with Gasteiger partial charge < -0.3 is 25.0 Å². The molecule has 0 saturated carbocycles. The second-order valence-corrected chi connectivity index (χ2v) is 18.4. The monoisotopic (exact) mass is 941 g/mol. The van der Waals surface area contributed by atoms with Gasteiger partial charge in [-0.2, -0.15) is 0 Å². The summed E-state index contributed by atoms with van der Waals surface area (Å²) in [5.74, 6) is -2.53. The number of nitrogens with zero attached hydrogens (tertiary/aromatic N) is 5. The molecule has 0 unspecified atom stereocenters. The Balaban J connectivity index is 1.15. The van der Waals surface area contributed by atoms with Gasteiger partial charge in [0.25, 0.3) is 5.91 Å². The summed E-state index contributed by atoms with van der Waals surface area (Å²) in [4.78, 5) is 72.5. The lowest BCUT2D eigenvalue weighted by Crippen LogP contribution is -2.55. The molecule has 7 rings (SSSR count). The average Bonchev–Trinajstić information content (AvgIpc) is 3.83. The van der Waals surface area contributed by atoms with Crippen LogP contribution in [0.1, 0.15) is 80.3 Å². The van der Waals surface area contributed by atoms with E-state index in [1.54, 1.807) is 68.0 Å². The average molecular weight is 942 g/mol. The minimum Gasteiger partial charge on any atom is -0.486 e. The molecule has 6 aromatic carbocycles. The standard InChI is InChI=1S/C56H59N7O7/c1-39(2)52(58-53(67)42-33-32-40-21-18-19-22-41(40)35-42)54(68)62(37-50(65)57-47(36-51(66)70-55(3,4)5)48(64)38-69-46-29-16-9-17-30-46)34-20-31-49-59-61-63(60-49)56(43-23-10-6-11-24-43,44-25-12-7-13-26-44)45-27-14-8-15-28-45/h6-19,21-30,32-33,35,39,47,52H,20,31,34,36-38H2,1-5H3,(H,57,65)(H,58,67)/t47-,52-/m0/s1. The fourth-order valence-corrected chi connectivity index (χ4v) is 8.31. The molecule has 0 spiro atoms. The van der Waals surface area contributed by atoms with E-state index < -0.39 is 78.2 Å². The van der Waals surface area contributed by atoms with Crippen LogP contribution in [0.4, 0.5) is 0 Å². The molecule has 1 heterocycles. The third-order valence-corrected chi connectivity index (χ3v) is 11.7. The molecule has 0 radical (unpaired) electrons. The Kier molecular flexibility index (Phi) is 16.3. The molecule has 0 aliphatic carbocycles. The number of aryl methyl sites for hydroxylation is 1. The number of benzene rings is 6. The summed E-state index contributed by atoms with van der Waals surface area (Å²) >= 11 is 0. The van der Waals surface area contributed by atoms with E-state index >= 15 is 0 Å². The van der Waals surface area contributed by atoms with Crippen molar-refractivity contribution in [1.29, 1.82) is 0 Å². The molecule has 0 aliphatic rings. The van der Waals surface area contributed by atoms with E-state index in [0.717, 1.165) is 27.5 Å². The highest BCUT2D eigenvalue weighted by Gasteiger charge is 2.41. The molecular formula is C56H59N7O7. The Morgan fingerprint density at radius 1 is 0.686 bits per heavy atom. The highest BCUT2D eigenvalue weighted by atomic mass is 16.6. The van der Waals surface area contributed by atoms with Gasteiger partial charge in [0.15, 0.2) is 17.1 Å². The molecule has 14 heteroatoms. The second kappa shape index (κ2) is 22.9. The molecule has 70 heavy (non-hydrogen) atoms. The molecule has 0 aliphatic heterocycles. The number of tetrazole rings is 1. The number of fused-ring (bicyclic) bond motifs is 1. The lowest BCUT2D eigenvalue weighted by molar-refractivity contribution is -0.156. The zero-order chi connectivity index (χ0) is 49.7. The number of ketones is 1. The van der Waals surface area contributed by atoms with E-state index in [0.29, 0.717) is 17.1 Å². The summed E-state index contributed by atoms with van der Waals surface area (Å²) in [6, 6.07) is 49.2. The maximum Gasteiger partial charge on any atom is 0.308 e. The van der Waals surface area contributed by atoms with Gasteiger partial charge in [-0.25, -0.2) is 0 Å². The van der Waals surface area contributed by atoms with Crippen molar-refractivity contribution in [2.75, 3.05) is 19.7 Å². The Hall–Kier alpha value is -8.00. The number of hydrogen-bond acceptors (Lipinski definition) is 10. The highest BCUT2D eigenvalue weighted by molar-refractivity contribution is 6.01. The van der Waals surface area contributed by atoms with Gasteiger partial charge in [-0.3, -0.25) is 24.0 Å². The highest BCUT2D eigenvalue weighted by Crippen LogP contribution is 2.39. The summed E-state index contributed by atoms with van der Waals surface area (Å²) in [7, 11) is 0. The second-order valence-electron chi connectivity index (χ2n) is 18.4. The fourth-order valence-electron chi connectivity index (χ4n) is 8.31. The Labute approximate surface area is 408 Å². The minimum atomic E-state index is -1.34. The Morgan fingerprint density at radius 3 is 1.81 bits per heavy atom. The van der Waals surface area contributed by atoms with Crippen molar-refractivity contribution in [2.24, 2.45) is 5.92 Å². The van der Waals surface area contributed by atoms with Gasteiger partial charge in [-0.05, 0) is 90.1 Å². The van der Waals surface area contributed by atoms with Crippen LogP contribution in [0.2, 0.25) is 0 Å². The van der Waals surface area contributed by atoms with Crippen molar-refractivity contribution in [2.45, 2.75) is 77.1 Å². The zero-order valence-corrected chi connectivity index (χ0v) is 40.2. The predicted octanol–water partition coefficient (Wildman–Crippen LogP) is 7.75. The normalized spacial score (nSPS) is 12.4. The van der Waals surface area contributed by atoms with E-state index in [1.165, 1.54) is 4.90 Å². The first-order valence-electron chi connectivity index (χ1n) is 23.5. The van der Waals surface area contributed by atoms with Crippen LogP contribution in [0, 0.1) is 5.92 Å². The van der Waals surface area contributed by atoms with Crippen molar-refractivity contribution in [1.82, 2.24) is 35.7 Å². The fraction of sp³-hybridized carbons (Fsp3) is 0.286. The molecule has 3 amide bonds. The van der Waals surface area contributed by atoms with Gasteiger partial charge in [-0.1, -0.05) is 153 Å². The number of Topliss-reactive ketones (excluding diaryl/α,β-unsaturated/α-hetero) is 1. The van der Waals surface area contributed by atoms with Gasteiger partial charge in [0.1, 0.15) is 30.0 Å². The summed E-state index contributed by atoms with van der Waals surface area (Å²) < 4.78 is 11.2. The summed E-state index contributed by atoms with van der Waals surface area (Å²) in [6.07, 6.45) is 0.0721. The van der Waals surface area contributed by atoms with Gasteiger partial charge in [0, 0.05) is 18.5 Å². The lowest BCUT2D eigenvalue weighted by atomic mass is 9.77. The van der Waals surface area contributed by atoms with Crippen LogP contribution in [0.15, 0.2) is 164 Å². The number of amides is 3.